The summed E-state index contributed by atoms with van der Waals surface area (Å²) in [6.07, 6.45) is -0.340. The molecule has 7 heteroatoms. The standard InChI is InChI=1S/C3H8N4O2.CH4O/c4-6-2(8)1-3(9)7-5;1-2/h1,4-5H2,(H,6,8)(H,7,9);2H,1H3. The lowest BCUT2D eigenvalue weighted by atomic mass is 10.4. The predicted molar refractivity (Wildman–Crippen MR) is 37.4 cm³/mol. The maximum atomic E-state index is 10.2. The molecule has 0 aliphatic heterocycles. The van der Waals surface area contributed by atoms with Gasteiger partial charge in [-0.2, -0.15) is 0 Å². The highest BCUT2D eigenvalue weighted by atomic mass is 16.2. The number of hydrogen-bond donors (Lipinski definition) is 5. The van der Waals surface area contributed by atoms with Gasteiger partial charge < -0.3 is 5.11 Å². The minimum atomic E-state index is -0.571. The first kappa shape index (κ1) is 12.5. The van der Waals surface area contributed by atoms with Crippen LogP contribution in [-0.2, 0) is 9.59 Å². The zero-order chi connectivity index (χ0) is 9.28. The molecule has 0 rings (SSSR count). The number of nitrogens with one attached hydrogen (secondary N) is 2. The molecule has 0 saturated heterocycles. The van der Waals surface area contributed by atoms with Gasteiger partial charge in [0.05, 0.1) is 0 Å². The molecular weight excluding hydrogens is 152 g/mol. The first-order valence-corrected chi connectivity index (χ1v) is 2.64. The maximum Gasteiger partial charge on any atom is 0.243 e. The molecule has 0 aliphatic rings. The number of hydrazine groups is 2. The van der Waals surface area contributed by atoms with Crippen molar-refractivity contribution in [3.8, 4) is 0 Å². The SMILES string of the molecule is CO.NNC(=O)CC(=O)NN. The molecule has 0 atom stereocenters. The van der Waals surface area contributed by atoms with E-state index in [0.29, 0.717) is 0 Å². The summed E-state index contributed by atoms with van der Waals surface area (Å²) in [7, 11) is 1.00. The Labute approximate surface area is 63.7 Å². The minimum absolute atomic E-state index is 0.340. The second-order valence-electron chi connectivity index (χ2n) is 1.31. The Kier molecular flexibility index (Phi) is 10.0. The van der Waals surface area contributed by atoms with Crippen LogP contribution in [0, 0.1) is 0 Å². The van der Waals surface area contributed by atoms with Crippen molar-refractivity contribution in [3.63, 3.8) is 0 Å². The van der Waals surface area contributed by atoms with E-state index < -0.39 is 11.8 Å². The fraction of sp³-hybridized carbons (Fsp3) is 0.500. The number of amides is 2. The van der Waals surface area contributed by atoms with Crippen molar-refractivity contribution >= 4 is 11.8 Å². The average Bonchev–Trinajstić information content (AvgIpc) is 2.07. The van der Waals surface area contributed by atoms with E-state index in [2.05, 4.69) is 11.7 Å². The van der Waals surface area contributed by atoms with Crippen molar-refractivity contribution in [2.24, 2.45) is 11.7 Å². The van der Waals surface area contributed by atoms with Gasteiger partial charge in [-0.15, -0.1) is 0 Å². The molecule has 0 saturated carbocycles. The van der Waals surface area contributed by atoms with Crippen LogP contribution in [0.15, 0.2) is 0 Å². The van der Waals surface area contributed by atoms with Crippen LogP contribution in [0.5, 0.6) is 0 Å². The number of hydrogen-bond acceptors (Lipinski definition) is 5. The van der Waals surface area contributed by atoms with Crippen molar-refractivity contribution in [1.82, 2.24) is 10.9 Å². The Balaban J connectivity index is 0. The molecule has 0 bridgehead atoms. The van der Waals surface area contributed by atoms with Gasteiger partial charge in [0, 0.05) is 7.11 Å². The maximum absolute atomic E-state index is 10.2. The van der Waals surface area contributed by atoms with Gasteiger partial charge in [-0.05, 0) is 0 Å². The van der Waals surface area contributed by atoms with Crippen LogP contribution >= 0.6 is 0 Å². The second kappa shape index (κ2) is 8.82. The fourth-order valence-electron chi connectivity index (χ4n) is 0.248. The number of carbonyl (C=O) groups excluding carboxylic acids is 2. The lowest BCUT2D eigenvalue weighted by Gasteiger charge is -1.95. The summed E-state index contributed by atoms with van der Waals surface area (Å²) >= 11 is 0. The molecule has 0 aliphatic carbocycles. The molecule has 0 unspecified atom stereocenters. The number of aliphatic hydroxyl groups excluding tert-OH is 1. The highest BCUT2D eigenvalue weighted by molar-refractivity contribution is 5.96. The first-order chi connectivity index (χ1) is 5.20. The van der Waals surface area contributed by atoms with Crippen LogP contribution in [0.25, 0.3) is 0 Å². The summed E-state index contributed by atoms with van der Waals surface area (Å²) in [4.78, 5) is 20.5. The van der Waals surface area contributed by atoms with Gasteiger partial charge in [0.1, 0.15) is 6.42 Å². The largest absolute Gasteiger partial charge is 0.400 e. The van der Waals surface area contributed by atoms with Crippen LogP contribution in [0.4, 0.5) is 0 Å². The highest BCUT2D eigenvalue weighted by Crippen LogP contribution is 1.73. The van der Waals surface area contributed by atoms with E-state index in [0.717, 1.165) is 7.11 Å². The lowest BCUT2D eigenvalue weighted by molar-refractivity contribution is -0.129. The van der Waals surface area contributed by atoms with E-state index in [1.165, 1.54) is 0 Å². The number of nitrogens with two attached hydrogens (primary N) is 2. The molecule has 0 heterocycles. The third kappa shape index (κ3) is 8.82. The summed E-state index contributed by atoms with van der Waals surface area (Å²) in [5.41, 5.74) is 3.55. The van der Waals surface area contributed by atoms with Crippen molar-refractivity contribution < 1.29 is 14.7 Å². The number of aliphatic hydroxyl groups is 1. The van der Waals surface area contributed by atoms with E-state index in [9.17, 15) is 9.59 Å². The molecule has 7 nitrogen and oxygen atoms in total. The third-order valence-corrected chi connectivity index (χ3v) is 0.643. The second-order valence-corrected chi connectivity index (χ2v) is 1.31. The molecule has 0 fully saturated rings. The smallest absolute Gasteiger partial charge is 0.243 e. The first-order valence-electron chi connectivity index (χ1n) is 2.64. The van der Waals surface area contributed by atoms with Gasteiger partial charge in [0.2, 0.25) is 11.8 Å². The van der Waals surface area contributed by atoms with Gasteiger partial charge in [0.25, 0.3) is 0 Å². The van der Waals surface area contributed by atoms with Gasteiger partial charge in [-0.3, -0.25) is 20.4 Å². The van der Waals surface area contributed by atoms with E-state index in [1.807, 2.05) is 0 Å². The van der Waals surface area contributed by atoms with E-state index in [4.69, 9.17) is 5.11 Å². The molecule has 0 aromatic rings. The Morgan fingerprint density at radius 2 is 1.45 bits per heavy atom. The minimum Gasteiger partial charge on any atom is -0.400 e. The fourth-order valence-corrected chi connectivity index (χ4v) is 0.248. The Hall–Kier alpha value is -1.18. The number of carbonyl (C=O) groups is 2. The molecule has 0 aromatic heterocycles. The van der Waals surface area contributed by atoms with Gasteiger partial charge >= 0.3 is 0 Å². The Morgan fingerprint density at radius 1 is 1.18 bits per heavy atom. The number of rotatable bonds is 2. The van der Waals surface area contributed by atoms with E-state index >= 15 is 0 Å². The van der Waals surface area contributed by atoms with Crippen LogP contribution in [0.3, 0.4) is 0 Å². The zero-order valence-corrected chi connectivity index (χ0v) is 6.13. The molecule has 11 heavy (non-hydrogen) atoms. The topological polar surface area (TPSA) is 130 Å². The molecule has 0 radical (unpaired) electrons. The highest BCUT2D eigenvalue weighted by Gasteiger charge is 2.03. The summed E-state index contributed by atoms with van der Waals surface area (Å²) in [6, 6.07) is 0. The van der Waals surface area contributed by atoms with Crippen molar-refractivity contribution in [1.29, 1.82) is 0 Å². The summed E-state index contributed by atoms with van der Waals surface area (Å²) < 4.78 is 0. The molecule has 7 N–H and O–H groups in total. The van der Waals surface area contributed by atoms with Crippen LogP contribution in [-0.4, -0.2) is 24.0 Å². The molecule has 0 spiro atoms. The molecule has 2 amide bonds. The predicted octanol–water partition coefficient (Wildman–Crippen LogP) is -3.04. The van der Waals surface area contributed by atoms with Crippen LogP contribution in [0.1, 0.15) is 6.42 Å². The molecule has 66 valence electrons. The van der Waals surface area contributed by atoms with E-state index in [1.54, 1.807) is 10.9 Å². The van der Waals surface area contributed by atoms with Crippen molar-refractivity contribution in [2.75, 3.05) is 7.11 Å². The zero-order valence-electron chi connectivity index (χ0n) is 6.13. The summed E-state index contributed by atoms with van der Waals surface area (Å²) in [6.45, 7) is 0. The van der Waals surface area contributed by atoms with Gasteiger partial charge in [-0.1, -0.05) is 0 Å². The van der Waals surface area contributed by atoms with Gasteiger partial charge in [0.15, 0.2) is 0 Å². The van der Waals surface area contributed by atoms with Crippen LogP contribution in [0.2, 0.25) is 0 Å². The monoisotopic (exact) mass is 164 g/mol. The van der Waals surface area contributed by atoms with Crippen molar-refractivity contribution in [3.05, 3.63) is 0 Å². The van der Waals surface area contributed by atoms with Crippen LogP contribution < -0.4 is 22.5 Å². The Bertz CT molecular complexity index is 113. The molecular formula is C4H12N4O3. The molecule has 0 aromatic carbocycles. The quantitative estimate of drug-likeness (QED) is 0.128. The summed E-state index contributed by atoms with van der Waals surface area (Å²) in [5, 5.41) is 7.00. The summed E-state index contributed by atoms with van der Waals surface area (Å²) in [5.74, 6) is 8.17. The van der Waals surface area contributed by atoms with E-state index in [-0.39, 0.29) is 6.42 Å². The van der Waals surface area contributed by atoms with Crippen molar-refractivity contribution in [2.45, 2.75) is 6.42 Å². The Morgan fingerprint density at radius 3 is 1.64 bits per heavy atom. The third-order valence-electron chi connectivity index (χ3n) is 0.643. The normalized spacial score (nSPS) is 7.27. The lowest BCUT2D eigenvalue weighted by Crippen LogP contribution is -2.37. The van der Waals surface area contributed by atoms with Gasteiger partial charge in [-0.25, -0.2) is 11.7 Å². The average molecular weight is 164 g/mol.